The van der Waals surface area contributed by atoms with Crippen LogP contribution in [0.2, 0.25) is 0 Å². The number of nitrogens with zero attached hydrogens (tertiary/aromatic N) is 2. The molecule has 2 heteroatoms. The zero-order valence-corrected chi connectivity index (χ0v) is 11.2. The van der Waals surface area contributed by atoms with Gasteiger partial charge in [-0.1, -0.05) is 41.5 Å². The summed E-state index contributed by atoms with van der Waals surface area (Å²) in [5.74, 6) is 0.981. The van der Waals surface area contributed by atoms with Crippen LogP contribution >= 0.6 is 0 Å². The van der Waals surface area contributed by atoms with Gasteiger partial charge in [0.25, 0.3) is 0 Å². The molecule has 2 atom stereocenters. The van der Waals surface area contributed by atoms with Gasteiger partial charge in [0.1, 0.15) is 0 Å². The van der Waals surface area contributed by atoms with Crippen molar-refractivity contribution in [3.63, 3.8) is 0 Å². The van der Waals surface area contributed by atoms with Crippen molar-refractivity contribution < 1.29 is 0 Å². The third kappa shape index (κ3) is 1.74. The van der Waals surface area contributed by atoms with Gasteiger partial charge in [0, 0.05) is 11.8 Å². The maximum Gasteiger partial charge on any atom is 0.0674 e. The number of hydrogen-bond donors (Lipinski definition) is 0. The molecule has 2 aliphatic rings. The summed E-state index contributed by atoms with van der Waals surface area (Å²) in [5.41, 5.74) is 2.79. The lowest BCUT2D eigenvalue weighted by atomic mass is 9.60. The summed E-state index contributed by atoms with van der Waals surface area (Å²) >= 11 is 0. The highest BCUT2D eigenvalue weighted by Gasteiger charge is 2.45. The number of hydrogen-bond acceptors (Lipinski definition) is 2. The summed E-state index contributed by atoms with van der Waals surface area (Å²) in [6.07, 6.45) is 0. The van der Waals surface area contributed by atoms with E-state index >= 15 is 0 Å². The fourth-order valence-corrected chi connectivity index (χ4v) is 2.91. The highest BCUT2D eigenvalue weighted by Crippen LogP contribution is 2.53. The lowest BCUT2D eigenvalue weighted by Gasteiger charge is -2.45. The first-order valence-electron chi connectivity index (χ1n) is 6.05. The van der Waals surface area contributed by atoms with Crippen LogP contribution in [0.1, 0.15) is 64.8 Å². The summed E-state index contributed by atoms with van der Waals surface area (Å²) in [6.45, 7) is 13.8. The third-order valence-electron chi connectivity index (χ3n) is 3.54. The topological polar surface area (TPSA) is 25.8 Å². The van der Waals surface area contributed by atoms with E-state index in [4.69, 9.17) is 0 Å². The molecule has 1 aliphatic carbocycles. The second-order valence-electron chi connectivity index (χ2n) is 7.07. The average Bonchev–Trinajstić information content (AvgIpc) is 2.15. The van der Waals surface area contributed by atoms with Crippen LogP contribution in [0.15, 0.2) is 12.1 Å². The zero-order chi connectivity index (χ0) is 12.1. The number of rotatable bonds is 0. The SMILES string of the molecule is CC(C)(C)C1c2ccc(nn2)C1C(C)(C)C. The Labute approximate surface area is 98.5 Å². The first-order chi connectivity index (χ1) is 7.21. The Morgan fingerprint density at radius 3 is 1.25 bits per heavy atom. The van der Waals surface area contributed by atoms with Crippen molar-refractivity contribution in [1.29, 1.82) is 0 Å². The van der Waals surface area contributed by atoms with E-state index in [1.807, 2.05) is 0 Å². The maximum absolute atomic E-state index is 4.33. The maximum atomic E-state index is 4.33. The Kier molecular flexibility index (Phi) is 2.37. The molecule has 2 heterocycles. The predicted octanol–water partition coefficient (Wildman–Crippen LogP) is 3.75. The van der Waals surface area contributed by atoms with Gasteiger partial charge in [-0.15, -0.1) is 0 Å². The fourth-order valence-electron chi connectivity index (χ4n) is 2.91. The van der Waals surface area contributed by atoms with Crippen LogP contribution < -0.4 is 0 Å². The smallest absolute Gasteiger partial charge is 0.0674 e. The molecule has 1 aliphatic heterocycles. The zero-order valence-electron chi connectivity index (χ0n) is 11.2. The normalized spacial score (nSPS) is 24.9. The lowest BCUT2D eigenvalue weighted by molar-refractivity contribution is 0.168. The number of fused-ring (bicyclic) bond motifs is 3. The minimum atomic E-state index is 0.239. The van der Waals surface area contributed by atoms with Crippen molar-refractivity contribution >= 4 is 0 Å². The van der Waals surface area contributed by atoms with Gasteiger partial charge in [-0.25, -0.2) is 0 Å². The van der Waals surface area contributed by atoms with E-state index in [2.05, 4.69) is 63.9 Å². The van der Waals surface area contributed by atoms with E-state index in [0.29, 0.717) is 11.8 Å². The van der Waals surface area contributed by atoms with Crippen molar-refractivity contribution in [2.45, 2.75) is 53.4 Å². The van der Waals surface area contributed by atoms with Crippen molar-refractivity contribution in [1.82, 2.24) is 10.2 Å². The van der Waals surface area contributed by atoms with Crippen LogP contribution in [0.25, 0.3) is 0 Å². The van der Waals surface area contributed by atoms with Crippen LogP contribution in [0.5, 0.6) is 0 Å². The highest BCUT2D eigenvalue weighted by atomic mass is 15.1. The molecule has 0 aromatic carbocycles. The Bertz CT molecular complexity index is 340. The Morgan fingerprint density at radius 1 is 0.750 bits per heavy atom. The standard InChI is InChI=1S/C14H22N2/c1-13(2,3)11-9-7-8-10(16-15-9)12(11)14(4,5)6/h7-8,11-12H,1-6H3. The van der Waals surface area contributed by atoms with Gasteiger partial charge < -0.3 is 0 Å². The lowest BCUT2D eigenvalue weighted by Crippen LogP contribution is -2.37. The quantitative estimate of drug-likeness (QED) is 0.662. The Balaban J connectivity index is 2.53. The van der Waals surface area contributed by atoms with E-state index in [1.165, 1.54) is 0 Å². The summed E-state index contributed by atoms with van der Waals surface area (Å²) < 4.78 is 0. The molecule has 0 spiro atoms. The van der Waals surface area contributed by atoms with Gasteiger partial charge in [0.05, 0.1) is 11.4 Å². The van der Waals surface area contributed by atoms with Crippen molar-refractivity contribution in [3.05, 3.63) is 23.5 Å². The van der Waals surface area contributed by atoms with Crippen LogP contribution in [0.4, 0.5) is 0 Å². The van der Waals surface area contributed by atoms with Gasteiger partial charge in [-0.2, -0.15) is 10.2 Å². The molecule has 0 N–H and O–H groups in total. The third-order valence-corrected chi connectivity index (χ3v) is 3.54. The van der Waals surface area contributed by atoms with Crippen molar-refractivity contribution in [2.24, 2.45) is 10.8 Å². The molecule has 88 valence electrons. The van der Waals surface area contributed by atoms with Crippen molar-refractivity contribution in [2.75, 3.05) is 0 Å². The molecule has 2 nitrogen and oxygen atoms in total. The molecule has 1 aromatic heterocycles. The molecule has 0 saturated carbocycles. The van der Waals surface area contributed by atoms with E-state index in [9.17, 15) is 0 Å². The van der Waals surface area contributed by atoms with E-state index in [0.717, 1.165) is 11.4 Å². The summed E-state index contributed by atoms with van der Waals surface area (Å²) in [7, 11) is 0. The second kappa shape index (κ2) is 3.28. The van der Waals surface area contributed by atoms with Gasteiger partial charge >= 0.3 is 0 Å². The summed E-state index contributed by atoms with van der Waals surface area (Å²) in [4.78, 5) is 0. The van der Waals surface area contributed by atoms with E-state index in [-0.39, 0.29) is 10.8 Å². The van der Waals surface area contributed by atoms with E-state index in [1.54, 1.807) is 0 Å². The Morgan fingerprint density at radius 2 is 1.06 bits per heavy atom. The molecule has 2 bridgehead atoms. The predicted molar refractivity (Wildman–Crippen MR) is 66.4 cm³/mol. The van der Waals surface area contributed by atoms with Crippen LogP contribution in [-0.2, 0) is 0 Å². The second-order valence-corrected chi connectivity index (χ2v) is 7.07. The molecule has 2 unspecified atom stereocenters. The molecule has 16 heavy (non-hydrogen) atoms. The number of aromatic nitrogens is 2. The van der Waals surface area contributed by atoms with Crippen LogP contribution in [0.3, 0.4) is 0 Å². The van der Waals surface area contributed by atoms with Crippen molar-refractivity contribution in [3.8, 4) is 0 Å². The largest absolute Gasteiger partial charge is 0.155 e. The van der Waals surface area contributed by atoms with E-state index < -0.39 is 0 Å². The molecular weight excluding hydrogens is 196 g/mol. The van der Waals surface area contributed by atoms with Gasteiger partial charge in [0.2, 0.25) is 0 Å². The molecule has 0 saturated heterocycles. The highest BCUT2D eigenvalue weighted by molar-refractivity contribution is 5.29. The molecular formula is C14H22N2. The van der Waals surface area contributed by atoms with Crippen LogP contribution in [0, 0.1) is 10.8 Å². The summed E-state index contributed by atoms with van der Waals surface area (Å²) in [6, 6.07) is 4.28. The fraction of sp³-hybridized carbons (Fsp3) is 0.714. The minimum absolute atomic E-state index is 0.239. The molecule has 3 rings (SSSR count). The van der Waals surface area contributed by atoms with Crippen LogP contribution in [-0.4, -0.2) is 10.2 Å². The molecule has 0 radical (unpaired) electrons. The molecule has 0 amide bonds. The van der Waals surface area contributed by atoms with Gasteiger partial charge in [0.15, 0.2) is 0 Å². The first-order valence-corrected chi connectivity index (χ1v) is 6.05. The van der Waals surface area contributed by atoms with Gasteiger partial charge in [-0.05, 0) is 23.0 Å². The average molecular weight is 218 g/mol. The van der Waals surface area contributed by atoms with Gasteiger partial charge in [-0.3, -0.25) is 0 Å². The first kappa shape index (κ1) is 11.6. The Hall–Kier alpha value is -0.920. The monoisotopic (exact) mass is 218 g/mol. The summed E-state index contributed by atoms with van der Waals surface area (Å²) in [5, 5.41) is 8.65. The molecule has 0 fully saturated rings. The minimum Gasteiger partial charge on any atom is -0.155 e. The molecule has 1 aromatic rings.